The molecular weight excluding hydrogens is 305 g/mol. The molecule has 1 fully saturated rings. The standard InChI is InChI=1S/C16H24ClN3.ClH/c17-15-7-5-14(6-8-15)13-16(18)19-9-12-20-10-3-1-2-4-11-20;/h5-8H,1-4,9-13H2,(H2,18,19);1H. The van der Waals surface area contributed by atoms with Crippen molar-refractivity contribution in [3.05, 3.63) is 34.9 Å². The summed E-state index contributed by atoms with van der Waals surface area (Å²) in [6.07, 6.45) is 6.10. The molecule has 5 heteroatoms. The average molecular weight is 330 g/mol. The van der Waals surface area contributed by atoms with Crippen LogP contribution >= 0.6 is 24.0 Å². The number of nitrogens with two attached hydrogens (primary N) is 1. The second-order valence-electron chi connectivity index (χ2n) is 5.43. The number of nitrogens with zero attached hydrogens (tertiary/aromatic N) is 2. The van der Waals surface area contributed by atoms with E-state index in [0.717, 1.165) is 23.7 Å². The third kappa shape index (κ3) is 7.16. The lowest BCUT2D eigenvalue weighted by atomic mass is 10.1. The van der Waals surface area contributed by atoms with Crippen LogP contribution in [0.2, 0.25) is 5.02 Å². The SMILES string of the molecule is Cl.NC(Cc1ccc(Cl)cc1)=NCCN1CCCCCC1. The molecule has 1 saturated heterocycles. The number of rotatable bonds is 5. The minimum Gasteiger partial charge on any atom is -0.387 e. The zero-order valence-corrected chi connectivity index (χ0v) is 14.0. The first-order valence-electron chi connectivity index (χ1n) is 7.49. The van der Waals surface area contributed by atoms with Gasteiger partial charge in [-0.15, -0.1) is 12.4 Å². The summed E-state index contributed by atoms with van der Waals surface area (Å²) in [7, 11) is 0. The van der Waals surface area contributed by atoms with Gasteiger partial charge >= 0.3 is 0 Å². The molecule has 2 N–H and O–H groups in total. The molecule has 1 heterocycles. The highest BCUT2D eigenvalue weighted by Crippen LogP contribution is 2.10. The van der Waals surface area contributed by atoms with Crippen LogP contribution in [0, 0.1) is 0 Å². The number of amidine groups is 1. The van der Waals surface area contributed by atoms with Gasteiger partial charge < -0.3 is 10.6 Å². The fraction of sp³-hybridized carbons (Fsp3) is 0.562. The van der Waals surface area contributed by atoms with Crippen molar-refractivity contribution in [3.8, 4) is 0 Å². The van der Waals surface area contributed by atoms with Crippen molar-refractivity contribution < 1.29 is 0 Å². The highest BCUT2D eigenvalue weighted by Gasteiger charge is 2.07. The number of hydrogen-bond donors (Lipinski definition) is 1. The lowest BCUT2D eigenvalue weighted by Crippen LogP contribution is -2.28. The summed E-state index contributed by atoms with van der Waals surface area (Å²) in [4.78, 5) is 6.99. The molecule has 0 spiro atoms. The van der Waals surface area contributed by atoms with Crippen molar-refractivity contribution in [2.75, 3.05) is 26.2 Å². The van der Waals surface area contributed by atoms with Crippen molar-refractivity contribution in [2.45, 2.75) is 32.1 Å². The van der Waals surface area contributed by atoms with Crippen molar-refractivity contribution >= 4 is 29.8 Å². The molecule has 0 unspecified atom stereocenters. The monoisotopic (exact) mass is 329 g/mol. The molecule has 1 aromatic carbocycles. The van der Waals surface area contributed by atoms with Crippen molar-refractivity contribution in [1.29, 1.82) is 0 Å². The topological polar surface area (TPSA) is 41.6 Å². The van der Waals surface area contributed by atoms with Crippen LogP contribution in [0.3, 0.4) is 0 Å². The fourth-order valence-corrected chi connectivity index (χ4v) is 2.69. The molecule has 1 aliphatic rings. The van der Waals surface area contributed by atoms with E-state index in [1.54, 1.807) is 0 Å². The fourth-order valence-electron chi connectivity index (χ4n) is 2.56. The summed E-state index contributed by atoms with van der Waals surface area (Å²) in [6, 6.07) is 7.78. The molecule has 0 aliphatic carbocycles. The van der Waals surface area contributed by atoms with Gasteiger partial charge in [0.05, 0.1) is 12.4 Å². The van der Waals surface area contributed by atoms with Crippen molar-refractivity contribution in [3.63, 3.8) is 0 Å². The van der Waals surface area contributed by atoms with Gasteiger partial charge in [-0.25, -0.2) is 0 Å². The molecule has 3 nitrogen and oxygen atoms in total. The van der Waals surface area contributed by atoms with Crippen LogP contribution in [-0.4, -0.2) is 36.9 Å². The summed E-state index contributed by atoms with van der Waals surface area (Å²) in [5.74, 6) is 0.710. The van der Waals surface area contributed by atoms with E-state index in [4.69, 9.17) is 17.3 Å². The Bertz CT molecular complexity index is 424. The third-order valence-corrected chi connectivity index (χ3v) is 3.98. The molecule has 0 amide bonds. The van der Waals surface area contributed by atoms with Crippen molar-refractivity contribution in [1.82, 2.24) is 4.90 Å². The Morgan fingerprint density at radius 2 is 1.71 bits per heavy atom. The van der Waals surface area contributed by atoms with Gasteiger partial charge in [0.25, 0.3) is 0 Å². The number of aliphatic imine (C=N–C) groups is 1. The Kier molecular flexibility index (Phi) is 8.74. The Morgan fingerprint density at radius 1 is 1.10 bits per heavy atom. The van der Waals surface area contributed by atoms with Gasteiger partial charge in [-0.2, -0.15) is 0 Å². The van der Waals surface area contributed by atoms with E-state index in [1.807, 2.05) is 24.3 Å². The van der Waals surface area contributed by atoms with E-state index in [0.29, 0.717) is 12.3 Å². The Balaban J connectivity index is 0.00000220. The Labute approximate surface area is 139 Å². The van der Waals surface area contributed by atoms with Crippen LogP contribution in [0.25, 0.3) is 0 Å². The summed E-state index contributed by atoms with van der Waals surface area (Å²) < 4.78 is 0. The second kappa shape index (κ2) is 10.0. The zero-order valence-electron chi connectivity index (χ0n) is 12.4. The average Bonchev–Trinajstić information content (AvgIpc) is 2.70. The molecule has 0 bridgehead atoms. The molecule has 2 rings (SSSR count). The van der Waals surface area contributed by atoms with E-state index in [2.05, 4.69) is 9.89 Å². The molecule has 1 aromatic rings. The summed E-state index contributed by atoms with van der Waals surface area (Å²) in [6.45, 7) is 4.26. The van der Waals surface area contributed by atoms with E-state index >= 15 is 0 Å². The lowest BCUT2D eigenvalue weighted by molar-refractivity contribution is 0.293. The molecule has 0 saturated carbocycles. The minimum absolute atomic E-state index is 0. The number of hydrogen-bond acceptors (Lipinski definition) is 2. The molecule has 0 radical (unpaired) electrons. The quantitative estimate of drug-likeness (QED) is 0.663. The molecule has 1 aliphatic heterocycles. The van der Waals surface area contributed by atoms with Gasteiger partial charge in [-0.3, -0.25) is 4.99 Å². The maximum absolute atomic E-state index is 5.99. The maximum atomic E-state index is 5.99. The number of likely N-dealkylation sites (tertiary alicyclic amines) is 1. The molecule has 0 atom stereocenters. The van der Waals surface area contributed by atoms with Crippen LogP contribution in [0.15, 0.2) is 29.3 Å². The maximum Gasteiger partial charge on any atom is 0.0982 e. The predicted octanol–water partition coefficient (Wildman–Crippen LogP) is 3.54. The van der Waals surface area contributed by atoms with Gasteiger partial charge in [0, 0.05) is 18.0 Å². The zero-order chi connectivity index (χ0) is 14.2. The summed E-state index contributed by atoms with van der Waals surface area (Å²) in [5.41, 5.74) is 7.15. The Hall–Kier alpha value is -0.770. The van der Waals surface area contributed by atoms with Crippen LogP contribution in [0.5, 0.6) is 0 Å². The summed E-state index contributed by atoms with van der Waals surface area (Å²) in [5, 5.41) is 0.755. The molecule has 0 aromatic heterocycles. The van der Waals surface area contributed by atoms with Crippen LogP contribution < -0.4 is 5.73 Å². The highest BCUT2D eigenvalue weighted by atomic mass is 35.5. The van der Waals surface area contributed by atoms with E-state index < -0.39 is 0 Å². The largest absolute Gasteiger partial charge is 0.387 e. The second-order valence-corrected chi connectivity index (χ2v) is 5.87. The van der Waals surface area contributed by atoms with Gasteiger partial charge in [-0.05, 0) is 43.6 Å². The minimum atomic E-state index is 0. The molecular formula is C16H25Cl2N3. The first kappa shape index (κ1) is 18.3. The Morgan fingerprint density at radius 3 is 2.33 bits per heavy atom. The first-order valence-corrected chi connectivity index (χ1v) is 7.87. The van der Waals surface area contributed by atoms with E-state index in [1.165, 1.54) is 38.8 Å². The van der Waals surface area contributed by atoms with Crippen LogP contribution in [0.1, 0.15) is 31.2 Å². The predicted molar refractivity (Wildman–Crippen MR) is 93.8 cm³/mol. The van der Waals surface area contributed by atoms with Gasteiger partial charge in [0.2, 0.25) is 0 Å². The first-order chi connectivity index (χ1) is 9.74. The third-order valence-electron chi connectivity index (χ3n) is 3.73. The van der Waals surface area contributed by atoms with Crippen LogP contribution in [0.4, 0.5) is 0 Å². The molecule has 21 heavy (non-hydrogen) atoms. The van der Waals surface area contributed by atoms with Gasteiger partial charge in [-0.1, -0.05) is 36.6 Å². The van der Waals surface area contributed by atoms with E-state index in [-0.39, 0.29) is 12.4 Å². The highest BCUT2D eigenvalue weighted by molar-refractivity contribution is 6.30. The smallest absolute Gasteiger partial charge is 0.0982 e. The number of halogens is 2. The van der Waals surface area contributed by atoms with E-state index in [9.17, 15) is 0 Å². The lowest BCUT2D eigenvalue weighted by Gasteiger charge is -2.18. The summed E-state index contributed by atoms with van der Waals surface area (Å²) >= 11 is 5.86. The van der Waals surface area contributed by atoms with Gasteiger partial charge in [0.1, 0.15) is 0 Å². The van der Waals surface area contributed by atoms with Gasteiger partial charge in [0.15, 0.2) is 0 Å². The van der Waals surface area contributed by atoms with Crippen molar-refractivity contribution in [2.24, 2.45) is 10.7 Å². The van der Waals surface area contributed by atoms with Crippen LogP contribution in [-0.2, 0) is 6.42 Å². The molecule has 118 valence electrons. The number of benzene rings is 1. The normalized spacial score (nSPS) is 17.1.